The summed E-state index contributed by atoms with van der Waals surface area (Å²) in [5, 5.41) is 3.22. The van der Waals surface area contributed by atoms with Crippen molar-refractivity contribution < 1.29 is 4.74 Å². The molecule has 0 bridgehead atoms. The first-order valence-electron chi connectivity index (χ1n) is 7.61. The van der Waals surface area contributed by atoms with E-state index in [0.29, 0.717) is 12.2 Å². The molecule has 3 atom stereocenters. The molecule has 3 heterocycles. The Bertz CT molecular complexity index is 274. The van der Waals surface area contributed by atoms with Crippen LogP contribution in [0, 0.1) is 0 Å². The van der Waals surface area contributed by atoms with E-state index >= 15 is 0 Å². The van der Waals surface area contributed by atoms with Crippen LogP contribution in [0.4, 0.5) is 0 Å². The topological polar surface area (TPSA) is 27.7 Å². The van der Waals surface area contributed by atoms with E-state index in [0.717, 1.165) is 19.1 Å². The first-order chi connectivity index (χ1) is 8.85. The van der Waals surface area contributed by atoms with E-state index in [9.17, 15) is 0 Å². The van der Waals surface area contributed by atoms with E-state index < -0.39 is 0 Å². The van der Waals surface area contributed by atoms with Gasteiger partial charge in [-0.2, -0.15) is 0 Å². The lowest BCUT2D eigenvalue weighted by Gasteiger charge is -2.38. The maximum atomic E-state index is 6.10. The molecule has 0 saturated carbocycles. The van der Waals surface area contributed by atoms with E-state index in [1.807, 2.05) is 7.05 Å². The van der Waals surface area contributed by atoms with Gasteiger partial charge in [0.15, 0.2) is 0 Å². The van der Waals surface area contributed by atoms with Crippen LogP contribution in [0.15, 0.2) is 0 Å². The van der Waals surface area contributed by atoms with E-state index in [2.05, 4.69) is 15.1 Å². The molecule has 1 N–H and O–H groups in total. The highest BCUT2D eigenvalue weighted by Crippen LogP contribution is 2.24. The van der Waals surface area contributed by atoms with Gasteiger partial charge in [-0.1, -0.05) is 0 Å². The Morgan fingerprint density at radius 1 is 1.11 bits per heavy atom. The molecule has 4 heteroatoms. The van der Waals surface area contributed by atoms with Gasteiger partial charge in [0, 0.05) is 38.8 Å². The summed E-state index contributed by atoms with van der Waals surface area (Å²) in [5.74, 6) is 0. The molecule has 0 aromatic heterocycles. The summed E-state index contributed by atoms with van der Waals surface area (Å²) in [6.07, 6.45) is 6.23. The highest BCUT2D eigenvalue weighted by atomic mass is 16.5. The minimum Gasteiger partial charge on any atom is -0.372 e. The van der Waals surface area contributed by atoms with Crippen molar-refractivity contribution in [3.8, 4) is 0 Å². The van der Waals surface area contributed by atoms with Crippen LogP contribution in [0.2, 0.25) is 0 Å². The third kappa shape index (κ3) is 2.87. The van der Waals surface area contributed by atoms with Crippen LogP contribution in [0.25, 0.3) is 0 Å². The maximum absolute atomic E-state index is 6.10. The van der Waals surface area contributed by atoms with Gasteiger partial charge in [0.1, 0.15) is 0 Å². The van der Waals surface area contributed by atoms with Crippen LogP contribution in [0.1, 0.15) is 25.7 Å². The molecule has 3 rings (SSSR count). The number of hydrogen-bond acceptors (Lipinski definition) is 4. The molecule has 0 aromatic carbocycles. The Labute approximate surface area is 111 Å². The smallest absolute Gasteiger partial charge is 0.0707 e. The number of nitrogens with one attached hydrogen (secondary N) is 1. The summed E-state index contributed by atoms with van der Waals surface area (Å²) in [4.78, 5) is 5.31. The van der Waals surface area contributed by atoms with Crippen molar-refractivity contribution in [1.82, 2.24) is 15.1 Å². The second kappa shape index (κ2) is 5.87. The zero-order chi connectivity index (χ0) is 12.4. The fraction of sp³-hybridized carbons (Fsp3) is 1.00. The predicted molar refractivity (Wildman–Crippen MR) is 72.9 cm³/mol. The lowest BCUT2D eigenvalue weighted by molar-refractivity contribution is 0.00765. The van der Waals surface area contributed by atoms with E-state index in [-0.39, 0.29) is 0 Å². The first-order valence-corrected chi connectivity index (χ1v) is 7.61. The second-order valence-electron chi connectivity index (χ2n) is 6.11. The molecule has 3 aliphatic heterocycles. The third-order valence-corrected chi connectivity index (χ3v) is 4.76. The Balaban J connectivity index is 1.43. The maximum Gasteiger partial charge on any atom is 0.0707 e. The zero-order valence-corrected chi connectivity index (χ0v) is 11.6. The predicted octanol–water partition coefficient (Wildman–Crippen LogP) is 0.533. The van der Waals surface area contributed by atoms with Crippen molar-refractivity contribution in [3.63, 3.8) is 0 Å². The van der Waals surface area contributed by atoms with Crippen molar-refractivity contribution in [1.29, 1.82) is 0 Å². The second-order valence-corrected chi connectivity index (χ2v) is 6.11. The Morgan fingerprint density at radius 2 is 2.00 bits per heavy atom. The summed E-state index contributed by atoms with van der Waals surface area (Å²) < 4.78 is 6.10. The van der Waals surface area contributed by atoms with Crippen LogP contribution in [-0.2, 0) is 4.74 Å². The molecule has 3 aliphatic rings. The standard InChI is InChI=1S/C14H27N3O/c1-15-9-13-4-5-14(18-13)11-16-7-8-17-6-2-3-12(17)10-16/h12-15H,2-11H2,1H3. The van der Waals surface area contributed by atoms with Crippen LogP contribution in [-0.4, -0.2) is 74.4 Å². The summed E-state index contributed by atoms with van der Waals surface area (Å²) >= 11 is 0. The molecule has 3 unspecified atom stereocenters. The lowest BCUT2D eigenvalue weighted by atomic mass is 10.1. The molecule has 104 valence electrons. The summed E-state index contributed by atoms with van der Waals surface area (Å²) in [6.45, 7) is 7.29. The largest absolute Gasteiger partial charge is 0.372 e. The number of likely N-dealkylation sites (N-methyl/N-ethyl adjacent to an activating group) is 1. The molecule has 0 aliphatic carbocycles. The van der Waals surface area contributed by atoms with Crippen LogP contribution < -0.4 is 5.32 Å². The van der Waals surface area contributed by atoms with Gasteiger partial charge in [-0.05, 0) is 39.3 Å². The van der Waals surface area contributed by atoms with Crippen LogP contribution >= 0.6 is 0 Å². The summed E-state index contributed by atoms with van der Waals surface area (Å²) in [6, 6.07) is 0.841. The van der Waals surface area contributed by atoms with Crippen molar-refractivity contribution in [2.45, 2.75) is 43.9 Å². The first kappa shape index (κ1) is 12.9. The molecule has 0 radical (unpaired) electrons. The van der Waals surface area contributed by atoms with Gasteiger partial charge >= 0.3 is 0 Å². The molecule has 3 fully saturated rings. The zero-order valence-electron chi connectivity index (χ0n) is 11.6. The van der Waals surface area contributed by atoms with Gasteiger partial charge in [0.25, 0.3) is 0 Å². The van der Waals surface area contributed by atoms with Crippen molar-refractivity contribution in [2.75, 3.05) is 46.3 Å². The molecular weight excluding hydrogens is 226 g/mol. The number of fused-ring (bicyclic) bond motifs is 1. The normalized spacial score (nSPS) is 38.2. The number of ether oxygens (including phenoxy) is 1. The Hall–Kier alpha value is -0.160. The highest BCUT2D eigenvalue weighted by molar-refractivity contribution is 4.88. The summed E-state index contributed by atoms with van der Waals surface area (Å²) in [5.41, 5.74) is 0. The number of nitrogens with zero attached hydrogens (tertiary/aromatic N) is 2. The third-order valence-electron chi connectivity index (χ3n) is 4.76. The Morgan fingerprint density at radius 3 is 2.89 bits per heavy atom. The van der Waals surface area contributed by atoms with Gasteiger partial charge in [0.05, 0.1) is 12.2 Å². The van der Waals surface area contributed by atoms with E-state index in [4.69, 9.17) is 4.74 Å². The quantitative estimate of drug-likeness (QED) is 0.791. The molecule has 18 heavy (non-hydrogen) atoms. The fourth-order valence-electron chi connectivity index (χ4n) is 3.80. The average molecular weight is 253 g/mol. The summed E-state index contributed by atoms with van der Waals surface area (Å²) in [7, 11) is 2.01. The minimum absolute atomic E-state index is 0.452. The molecule has 4 nitrogen and oxygen atoms in total. The van der Waals surface area contributed by atoms with Crippen molar-refractivity contribution in [3.05, 3.63) is 0 Å². The minimum atomic E-state index is 0.452. The molecule has 3 saturated heterocycles. The van der Waals surface area contributed by atoms with Gasteiger partial charge in [-0.3, -0.25) is 9.80 Å². The molecule has 0 spiro atoms. The lowest BCUT2D eigenvalue weighted by Crippen LogP contribution is -2.51. The monoisotopic (exact) mass is 253 g/mol. The SMILES string of the molecule is CNCC1CCC(CN2CCN3CCCC3C2)O1. The van der Waals surface area contributed by atoms with E-state index in [1.54, 1.807) is 0 Å². The molecule has 0 amide bonds. The average Bonchev–Trinajstić information content (AvgIpc) is 2.98. The molecule has 0 aromatic rings. The number of piperazine rings is 1. The van der Waals surface area contributed by atoms with Crippen molar-refractivity contribution >= 4 is 0 Å². The van der Waals surface area contributed by atoms with Gasteiger partial charge < -0.3 is 10.1 Å². The fourth-order valence-corrected chi connectivity index (χ4v) is 3.80. The Kier molecular flexibility index (Phi) is 4.19. The van der Waals surface area contributed by atoms with Crippen LogP contribution in [0.5, 0.6) is 0 Å². The van der Waals surface area contributed by atoms with E-state index in [1.165, 1.54) is 51.9 Å². The number of hydrogen-bond donors (Lipinski definition) is 1. The van der Waals surface area contributed by atoms with Gasteiger partial charge in [-0.15, -0.1) is 0 Å². The van der Waals surface area contributed by atoms with Crippen molar-refractivity contribution in [2.24, 2.45) is 0 Å². The molecular formula is C14H27N3O. The van der Waals surface area contributed by atoms with Crippen LogP contribution in [0.3, 0.4) is 0 Å². The highest BCUT2D eigenvalue weighted by Gasteiger charge is 2.33. The van der Waals surface area contributed by atoms with Gasteiger partial charge in [-0.25, -0.2) is 0 Å². The number of rotatable bonds is 4. The van der Waals surface area contributed by atoms with Gasteiger partial charge in [0.2, 0.25) is 0 Å².